The lowest BCUT2D eigenvalue weighted by molar-refractivity contribution is 0.0940. The SMILES string of the molecule is O=C(NCc1nnc2n1CCCCC2)c1cc(-c2cccnc2)on1. The summed E-state index contributed by atoms with van der Waals surface area (Å²) in [4.78, 5) is 16.3. The zero-order valence-corrected chi connectivity index (χ0v) is 13.7. The molecule has 1 amide bonds. The van der Waals surface area contributed by atoms with E-state index in [1.54, 1.807) is 24.5 Å². The summed E-state index contributed by atoms with van der Waals surface area (Å²) in [5, 5.41) is 15.1. The molecule has 0 aliphatic carbocycles. The highest BCUT2D eigenvalue weighted by atomic mass is 16.5. The Morgan fingerprint density at radius 1 is 1.28 bits per heavy atom. The number of carbonyl (C=O) groups is 1. The van der Waals surface area contributed by atoms with Crippen LogP contribution in [-0.2, 0) is 19.5 Å². The number of pyridine rings is 1. The molecular weight excluding hydrogens is 320 g/mol. The van der Waals surface area contributed by atoms with E-state index in [0.29, 0.717) is 12.3 Å². The maximum atomic E-state index is 12.3. The number of fused-ring (bicyclic) bond motifs is 1. The number of hydrogen-bond acceptors (Lipinski definition) is 6. The number of rotatable bonds is 4. The Kier molecular flexibility index (Phi) is 4.24. The topological polar surface area (TPSA) is 98.7 Å². The van der Waals surface area contributed by atoms with Gasteiger partial charge in [-0.1, -0.05) is 11.6 Å². The van der Waals surface area contributed by atoms with Gasteiger partial charge >= 0.3 is 0 Å². The molecule has 0 spiro atoms. The maximum absolute atomic E-state index is 12.3. The molecule has 1 aliphatic rings. The van der Waals surface area contributed by atoms with Crippen molar-refractivity contribution in [1.82, 2.24) is 30.2 Å². The van der Waals surface area contributed by atoms with E-state index in [-0.39, 0.29) is 11.6 Å². The number of carbonyl (C=O) groups excluding carboxylic acids is 1. The second-order valence-corrected chi connectivity index (χ2v) is 6.00. The van der Waals surface area contributed by atoms with E-state index in [0.717, 1.165) is 43.0 Å². The minimum Gasteiger partial charge on any atom is -0.355 e. The van der Waals surface area contributed by atoms with Crippen LogP contribution in [0.4, 0.5) is 0 Å². The normalized spacial score (nSPS) is 13.9. The summed E-state index contributed by atoms with van der Waals surface area (Å²) >= 11 is 0. The van der Waals surface area contributed by atoms with Gasteiger partial charge in [0.25, 0.3) is 5.91 Å². The molecule has 8 nitrogen and oxygen atoms in total. The minimum absolute atomic E-state index is 0.231. The van der Waals surface area contributed by atoms with Gasteiger partial charge in [-0.05, 0) is 25.0 Å². The van der Waals surface area contributed by atoms with Crippen LogP contribution in [0.15, 0.2) is 35.1 Å². The van der Waals surface area contributed by atoms with Crippen LogP contribution in [0.25, 0.3) is 11.3 Å². The molecule has 1 aliphatic heterocycles. The molecule has 0 saturated heterocycles. The first-order chi connectivity index (χ1) is 12.3. The molecule has 0 atom stereocenters. The third kappa shape index (κ3) is 3.28. The summed E-state index contributed by atoms with van der Waals surface area (Å²) in [6, 6.07) is 5.26. The molecule has 0 unspecified atom stereocenters. The minimum atomic E-state index is -0.301. The first-order valence-corrected chi connectivity index (χ1v) is 8.37. The van der Waals surface area contributed by atoms with E-state index in [1.807, 2.05) is 6.07 Å². The van der Waals surface area contributed by atoms with Crippen molar-refractivity contribution < 1.29 is 9.32 Å². The second kappa shape index (κ2) is 6.84. The van der Waals surface area contributed by atoms with E-state index in [9.17, 15) is 4.79 Å². The smallest absolute Gasteiger partial charge is 0.273 e. The van der Waals surface area contributed by atoms with E-state index in [2.05, 4.69) is 30.2 Å². The Morgan fingerprint density at radius 2 is 2.24 bits per heavy atom. The van der Waals surface area contributed by atoms with Crippen molar-refractivity contribution in [2.45, 2.75) is 38.8 Å². The number of amides is 1. The number of hydrogen-bond donors (Lipinski definition) is 1. The van der Waals surface area contributed by atoms with E-state index in [1.165, 1.54) is 6.42 Å². The molecular formula is C17H18N6O2. The summed E-state index contributed by atoms with van der Waals surface area (Å²) in [6.45, 7) is 1.23. The molecule has 3 aromatic rings. The largest absolute Gasteiger partial charge is 0.355 e. The zero-order valence-electron chi connectivity index (χ0n) is 13.7. The highest BCUT2D eigenvalue weighted by Gasteiger charge is 2.17. The van der Waals surface area contributed by atoms with Crippen molar-refractivity contribution >= 4 is 5.91 Å². The summed E-state index contributed by atoms with van der Waals surface area (Å²) in [5.41, 5.74) is 1.01. The van der Waals surface area contributed by atoms with Gasteiger partial charge in [0.1, 0.15) is 5.82 Å². The lowest BCUT2D eigenvalue weighted by Crippen LogP contribution is -2.25. The van der Waals surface area contributed by atoms with E-state index >= 15 is 0 Å². The molecule has 8 heteroatoms. The van der Waals surface area contributed by atoms with Crippen molar-refractivity contribution in [3.63, 3.8) is 0 Å². The van der Waals surface area contributed by atoms with Crippen molar-refractivity contribution in [3.8, 4) is 11.3 Å². The summed E-state index contributed by atoms with van der Waals surface area (Å²) < 4.78 is 7.34. The third-order valence-electron chi connectivity index (χ3n) is 4.28. The van der Waals surface area contributed by atoms with Crippen LogP contribution in [0.1, 0.15) is 41.4 Å². The van der Waals surface area contributed by atoms with Crippen molar-refractivity contribution in [3.05, 3.63) is 47.9 Å². The van der Waals surface area contributed by atoms with Gasteiger partial charge in [0.15, 0.2) is 17.3 Å². The predicted octanol–water partition coefficient (Wildman–Crippen LogP) is 1.98. The van der Waals surface area contributed by atoms with Crippen LogP contribution in [0.3, 0.4) is 0 Å². The predicted molar refractivity (Wildman–Crippen MR) is 88.5 cm³/mol. The van der Waals surface area contributed by atoms with Crippen LogP contribution in [0.2, 0.25) is 0 Å². The molecule has 0 saturated carbocycles. The molecule has 0 bridgehead atoms. The molecule has 0 fully saturated rings. The van der Waals surface area contributed by atoms with E-state index in [4.69, 9.17) is 4.52 Å². The van der Waals surface area contributed by atoms with Gasteiger partial charge < -0.3 is 14.4 Å². The Balaban J connectivity index is 1.43. The second-order valence-electron chi connectivity index (χ2n) is 6.00. The fourth-order valence-corrected chi connectivity index (χ4v) is 2.95. The molecule has 3 aromatic heterocycles. The molecule has 0 radical (unpaired) electrons. The van der Waals surface area contributed by atoms with Crippen LogP contribution in [0.5, 0.6) is 0 Å². The Bertz CT molecular complexity index is 870. The molecule has 0 aromatic carbocycles. The van der Waals surface area contributed by atoms with Gasteiger partial charge in [-0.25, -0.2) is 0 Å². The summed E-state index contributed by atoms with van der Waals surface area (Å²) in [6.07, 6.45) is 7.73. The fourth-order valence-electron chi connectivity index (χ4n) is 2.95. The highest BCUT2D eigenvalue weighted by molar-refractivity contribution is 5.92. The number of aromatic nitrogens is 5. The summed E-state index contributed by atoms with van der Waals surface area (Å²) in [5.74, 6) is 1.99. The van der Waals surface area contributed by atoms with Crippen LogP contribution in [-0.4, -0.2) is 30.8 Å². The third-order valence-corrected chi connectivity index (χ3v) is 4.28. The molecule has 4 rings (SSSR count). The highest BCUT2D eigenvalue weighted by Crippen LogP contribution is 2.19. The Hall–Kier alpha value is -3.03. The van der Waals surface area contributed by atoms with Gasteiger partial charge in [-0.15, -0.1) is 10.2 Å². The Labute approximate surface area is 144 Å². The van der Waals surface area contributed by atoms with Crippen molar-refractivity contribution in [2.24, 2.45) is 0 Å². The molecule has 128 valence electrons. The van der Waals surface area contributed by atoms with Crippen molar-refractivity contribution in [2.75, 3.05) is 0 Å². The maximum Gasteiger partial charge on any atom is 0.273 e. The lowest BCUT2D eigenvalue weighted by Gasteiger charge is -2.07. The number of nitrogens with one attached hydrogen (secondary N) is 1. The Morgan fingerprint density at radius 3 is 3.12 bits per heavy atom. The standard InChI is InChI=1S/C17H18N6O2/c24-17(13-9-14(25-22-13)12-5-4-7-18-10-12)19-11-16-21-20-15-6-2-1-3-8-23(15)16/h4-5,7,9-10H,1-3,6,8,11H2,(H,19,24). The fraction of sp³-hybridized carbons (Fsp3) is 0.353. The molecule has 4 heterocycles. The number of nitrogens with zero attached hydrogens (tertiary/aromatic N) is 5. The summed E-state index contributed by atoms with van der Waals surface area (Å²) in [7, 11) is 0. The first kappa shape index (κ1) is 15.5. The quantitative estimate of drug-likeness (QED) is 0.781. The number of aryl methyl sites for hydroxylation is 1. The van der Waals surface area contributed by atoms with Crippen LogP contribution in [0, 0.1) is 0 Å². The van der Waals surface area contributed by atoms with Gasteiger partial charge in [-0.3, -0.25) is 9.78 Å². The van der Waals surface area contributed by atoms with Crippen LogP contribution >= 0.6 is 0 Å². The monoisotopic (exact) mass is 338 g/mol. The molecule has 25 heavy (non-hydrogen) atoms. The van der Waals surface area contributed by atoms with Gasteiger partial charge in [0.2, 0.25) is 0 Å². The zero-order chi connectivity index (χ0) is 17.1. The average molecular weight is 338 g/mol. The van der Waals surface area contributed by atoms with Crippen LogP contribution < -0.4 is 5.32 Å². The van der Waals surface area contributed by atoms with Gasteiger partial charge in [0, 0.05) is 37.0 Å². The lowest BCUT2D eigenvalue weighted by atomic mass is 10.2. The first-order valence-electron chi connectivity index (χ1n) is 8.37. The van der Waals surface area contributed by atoms with Gasteiger partial charge in [-0.2, -0.15) is 0 Å². The molecule has 1 N–H and O–H groups in total. The van der Waals surface area contributed by atoms with Gasteiger partial charge in [0.05, 0.1) is 6.54 Å². The van der Waals surface area contributed by atoms with E-state index < -0.39 is 0 Å². The average Bonchev–Trinajstić information content (AvgIpc) is 3.22. The van der Waals surface area contributed by atoms with Crippen molar-refractivity contribution in [1.29, 1.82) is 0 Å².